The number of hydrogen-bond acceptors (Lipinski definition) is 2. The number of imidazole rings is 1. The lowest BCUT2D eigenvalue weighted by molar-refractivity contribution is 0.0970. The molecule has 0 aliphatic rings. The summed E-state index contributed by atoms with van der Waals surface area (Å²) in [6.07, 6.45) is 1.78. The molecule has 0 saturated carbocycles. The van der Waals surface area contributed by atoms with Gasteiger partial charge in [-0.05, 0) is 24.3 Å². The molecule has 3 rings (SSSR count). The molecule has 1 N–H and O–H groups in total. The summed E-state index contributed by atoms with van der Waals surface area (Å²) in [6.45, 7) is 0.0929. The van der Waals surface area contributed by atoms with Gasteiger partial charge in [0.05, 0.1) is 22.3 Å². The molecular weight excluding hydrogens is 425 g/mol. The van der Waals surface area contributed by atoms with Gasteiger partial charge >= 0.3 is 0 Å². The molecule has 0 aliphatic heterocycles. The highest BCUT2D eigenvalue weighted by Gasteiger charge is 2.13. The molecule has 0 fully saturated rings. The van der Waals surface area contributed by atoms with Gasteiger partial charge in [-0.3, -0.25) is 10.2 Å². The Bertz CT molecular complexity index is 1010. The van der Waals surface area contributed by atoms with Crippen molar-refractivity contribution >= 4 is 44.9 Å². The molecule has 2 aromatic carbocycles. The minimum absolute atomic E-state index is 0.0581. The molecule has 1 heterocycles. The summed E-state index contributed by atoms with van der Waals surface area (Å²) in [6, 6.07) is 12.5. The maximum atomic E-state index is 12.5. The van der Waals surface area contributed by atoms with Gasteiger partial charge in [-0.25, -0.2) is 0 Å². The number of ketones is 1. The molecular formula is C18H14BrCl2N3O. The second kappa shape index (κ2) is 7.20. The Labute approximate surface area is 163 Å². The summed E-state index contributed by atoms with van der Waals surface area (Å²) in [5, 5.41) is 9.18. The van der Waals surface area contributed by atoms with Crippen LogP contribution in [0.4, 0.5) is 0 Å². The van der Waals surface area contributed by atoms with Crippen molar-refractivity contribution in [1.29, 1.82) is 5.41 Å². The van der Waals surface area contributed by atoms with Crippen LogP contribution >= 0.6 is 39.1 Å². The van der Waals surface area contributed by atoms with Crippen LogP contribution in [0.3, 0.4) is 0 Å². The third kappa shape index (κ3) is 3.73. The van der Waals surface area contributed by atoms with E-state index in [1.165, 1.54) is 0 Å². The van der Waals surface area contributed by atoms with E-state index in [4.69, 9.17) is 28.6 Å². The fraction of sp³-hybridized carbons (Fsp3) is 0.111. The van der Waals surface area contributed by atoms with Crippen LogP contribution in [0.15, 0.2) is 53.1 Å². The quantitative estimate of drug-likeness (QED) is 0.577. The highest BCUT2D eigenvalue weighted by molar-refractivity contribution is 9.10. The van der Waals surface area contributed by atoms with Crippen LogP contribution in [0, 0.1) is 5.41 Å². The number of nitrogens with zero attached hydrogens (tertiary/aromatic N) is 2. The molecule has 7 heteroatoms. The molecule has 0 aliphatic carbocycles. The largest absolute Gasteiger partial charge is 0.314 e. The first-order valence-electron chi connectivity index (χ1n) is 7.42. The number of halogens is 3. The van der Waals surface area contributed by atoms with Crippen molar-refractivity contribution in [2.45, 2.75) is 6.54 Å². The van der Waals surface area contributed by atoms with Gasteiger partial charge in [0.15, 0.2) is 5.78 Å². The smallest absolute Gasteiger partial charge is 0.202 e. The van der Waals surface area contributed by atoms with E-state index in [1.807, 2.05) is 18.2 Å². The van der Waals surface area contributed by atoms with E-state index >= 15 is 0 Å². The van der Waals surface area contributed by atoms with Crippen molar-refractivity contribution in [3.8, 4) is 11.3 Å². The molecule has 128 valence electrons. The molecule has 1 aromatic heterocycles. The first kappa shape index (κ1) is 18.0. The Kier molecular flexibility index (Phi) is 5.18. The van der Waals surface area contributed by atoms with Crippen LogP contribution in [-0.4, -0.2) is 14.9 Å². The molecule has 0 bridgehead atoms. The van der Waals surface area contributed by atoms with Gasteiger partial charge in [0.25, 0.3) is 0 Å². The average molecular weight is 439 g/mol. The number of carbonyl (C=O) groups excluding carboxylic acids is 1. The molecule has 0 amide bonds. The SMILES string of the molecule is Cn1c(-c2ccc(Cl)c(Cl)c2)cn(CC(=O)c2ccc(Br)cc2)c1=N. The lowest BCUT2D eigenvalue weighted by Gasteiger charge is -2.03. The van der Waals surface area contributed by atoms with Gasteiger partial charge in [0, 0.05) is 28.8 Å². The predicted octanol–water partition coefficient (Wildman–Crippen LogP) is 4.93. The minimum atomic E-state index is -0.0581. The Morgan fingerprint density at radius 2 is 1.80 bits per heavy atom. The fourth-order valence-corrected chi connectivity index (χ4v) is 3.09. The summed E-state index contributed by atoms with van der Waals surface area (Å²) in [5.41, 5.74) is 2.45. The number of carbonyl (C=O) groups is 1. The highest BCUT2D eigenvalue weighted by atomic mass is 79.9. The van der Waals surface area contributed by atoms with Crippen molar-refractivity contribution in [3.63, 3.8) is 0 Å². The van der Waals surface area contributed by atoms with Crippen LogP contribution in [0.25, 0.3) is 11.3 Å². The Morgan fingerprint density at radius 3 is 2.44 bits per heavy atom. The number of aromatic nitrogens is 2. The topological polar surface area (TPSA) is 50.8 Å². The standard InChI is InChI=1S/C18H14BrCl2N3O/c1-23-16(12-4-7-14(20)15(21)8-12)9-24(18(23)22)10-17(25)11-2-5-13(19)6-3-11/h2-9,22H,10H2,1H3. The van der Waals surface area contributed by atoms with Crippen molar-refractivity contribution < 1.29 is 4.79 Å². The first-order chi connectivity index (χ1) is 11.9. The van der Waals surface area contributed by atoms with E-state index in [-0.39, 0.29) is 17.9 Å². The zero-order valence-corrected chi connectivity index (χ0v) is 16.4. The van der Waals surface area contributed by atoms with Gasteiger partial charge in [-0.1, -0.05) is 57.3 Å². The van der Waals surface area contributed by atoms with Gasteiger partial charge in [-0.2, -0.15) is 0 Å². The first-order valence-corrected chi connectivity index (χ1v) is 8.96. The van der Waals surface area contributed by atoms with E-state index in [2.05, 4.69) is 15.9 Å². The monoisotopic (exact) mass is 437 g/mol. The van der Waals surface area contributed by atoms with Gasteiger partial charge in [0.1, 0.15) is 0 Å². The zero-order valence-electron chi connectivity index (χ0n) is 13.3. The second-order valence-electron chi connectivity index (χ2n) is 5.58. The van der Waals surface area contributed by atoms with Crippen molar-refractivity contribution in [2.75, 3.05) is 0 Å². The molecule has 0 spiro atoms. The summed E-state index contributed by atoms with van der Waals surface area (Å²) in [4.78, 5) is 12.5. The molecule has 0 atom stereocenters. The lowest BCUT2D eigenvalue weighted by atomic mass is 10.1. The summed E-state index contributed by atoms with van der Waals surface area (Å²) < 4.78 is 4.23. The summed E-state index contributed by atoms with van der Waals surface area (Å²) >= 11 is 15.4. The molecule has 3 aromatic rings. The number of benzene rings is 2. The van der Waals surface area contributed by atoms with Crippen LogP contribution in [0.1, 0.15) is 10.4 Å². The second-order valence-corrected chi connectivity index (χ2v) is 7.31. The summed E-state index contributed by atoms with van der Waals surface area (Å²) in [7, 11) is 1.78. The van der Waals surface area contributed by atoms with Crippen LogP contribution in [0.2, 0.25) is 10.0 Å². The van der Waals surface area contributed by atoms with Gasteiger partial charge in [-0.15, -0.1) is 0 Å². The molecule has 0 saturated heterocycles. The van der Waals surface area contributed by atoms with E-state index < -0.39 is 0 Å². The minimum Gasteiger partial charge on any atom is -0.314 e. The number of Topliss-reactive ketones (excluding diaryl/α,β-unsaturated/α-hetero) is 1. The predicted molar refractivity (Wildman–Crippen MR) is 103 cm³/mol. The maximum Gasteiger partial charge on any atom is 0.202 e. The molecule has 25 heavy (non-hydrogen) atoms. The third-order valence-corrected chi connectivity index (χ3v) is 5.19. The zero-order chi connectivity index (χ0) is 18.1. The number of hydrogen-bond donors (Lipinski definition) is 1. The van der Waals surface area contributed by atoms with Gasteiger partial charge in [0.2, 0.25) is 5.62 Å². The fourth-order valence-electron chi connectivity index (χ4n) is 2.53. The Balaban J connectivity index is 1.93. The normalized spacial score (nSPS) is 10.9. The number of nitrogens with one attached hydrogen (secondary N) is 1. The van der Waals surface area contributed by atoms with Crippen LogP contribution in [0.5, 0.6) is 0 Å². The molecule has 0 radical (unpaired) electrons. The van der Waals surface area contributed by atoms with Crippen molar-refractivity contribution in [3.05, 3.63) is 74.4 Å². The summed E-state index contributed by atoms with van der Waals surface area (Å²) in [5.74, 6) is -0.0581. The third-order valence-electron chi connectivity index (χ3n) is 3.92. The Hall–Kier alpha value is -1.82. The lowest BCUT2D eigenvalue weighted by Crippen LogP contribution is -2.25. The molecule has 0 unspecified atom stereocenters. The Morgan fingerprint density at radius 1 is 1.12 bits per heavy atom. The highest BCUT2D eigenvalue weighted by Crippen LogP contribution is 2.27. The van der Waals surface area contributed by atoms with Gasteiger partial charge < -0.3 is 9.13 Å². The van der Waals surface area contributed by atoms with Crippen molar-refractivity contribution in [1.82, 2.24) is 9.13 Å². The van der Waals surface area contributed by atoms with E-state index in [0.717, 1.165) is 15.7 Å². The number of rotatable bonds is 4. The van der Waals surface area contributed by atoms with Crippen LogP contribution < -0.4 is 5.62 Å². The van der Waals surface area contributed by atoms with E-state index in [9.17, 15) is 4.79 Å². The average Bonchev–Trinajstić information content (AvgIpc) is 2.86. The maximum absolute atomic E-state index is 12.5. The van der Waals surface area contributed by atoms with E-state index in [0.29, 0.717) is 15.6 Å². The van der Waals surface area contributed by atoms with Crippen molar-refractivity contribution in [2.24, 2.45) is 7.05 Å². The molecule has 4 nitrogen and oxygen atoms in total. The van der Waals surface area contributed by atoms with Crippen LogP contribution in [-0.2, 0) is 13.6 Å². The van der Waals surface area contributed by atoms with E-state index in [1.54, 1.807) is 46.6 Å².